The summed E-state index contributed by atoms with van der Waals surface area (Å²) in [4.78, 5) is 21.0. The van der Waals surface area contributed by atoms with E-state index in [4.69, 9.17) is 24.2 Å². The van der Waals surface area contributed by atoms with E-state index in [2.05, 4.69) is 26.7 Å². The number of pyridine rings is 1. The van der Waals surface area contributed by atoms with E-state index in [9.17, 15) is 10.1 Å². The van der Waals surface area contributed by atoms with Crippen LogP contribution in [0.3, 0.4) is 0 Å². The molecule has 2 unspecified atom stereocenters. The van der Waals surface area contributed by atoms with Crippen molar-refractivity contribution in [3.8, 4) is 6.07 Å². The van der Waals surface area contributed by atoms with Gasteiger partial charge in [-0.15, -0.1) is 0 Å². The first-order chi connectivity index (χ1) is 15.9. The van der Waals surface area contributed by atoms with E-state index in [1.54, 1.807) is 12.3 Å². The molecule has 1 saturated carbocycles. The molecule has 4 rings (SSSR count). The van der Waals surface area contributed by atoms with E-state index in [-0.39, 0.29) is 17.1 Å². The summed E-state index contributed by atoms with van der Waals surface area (Å²) in [5.74, 6) is 0.905. The Morgan fingerprint density at radius 2 is 2.12 bits per heavy atom. The zero-order chi connectivity index (χ0) is 23.5. The highest BCUT2D eigenvalue weighted by molar-refractivity contribution is 7.81. The van der Waals surface area contributed by atoms with E-state index in [0.29, 0.717) is 23.0 Å². The van der Waals surface area contributed by atoms with Gasteiger partial charge in [-0.3, -0.25) is 9.79 Å². The molecule has 1 fully saturated rings. The van der Waals surface area contributed by atoms with E-state index < -0.39 is 5.92 Å². The molecule has 2 aromatic rings. The molecule has 6 nitrogen and oxygen atoms in total. The van der Waals surface area contributed by atoms with Crippen LogP contribution in [0.15, 0.2) is 47.1 Å². The number of carbonyl (C=O) groups is 1. The third-order valence-electron chi connectivity index (χ3n) is 6.01. The maximum Gasteiger partial charge on any atom is 0.228 e. The summed E-state index contributed by atoms with van der Waals surface area (Å²) in [5.41, 5.74) is 4.00. The van der Waals surface area contributed by atoms with E-state index in [1.807, 2.05) is 38.1 Å². The highest BCUT2D eigenvalue weighted by atomic mass is 35.5. The number of amidine groups is 1. The molecule has 1 aromatic carbocycles. The maximum atomic E-state index is 12.2. The zero-order valence-electron chi connectivity index (χ0n) is 18.6. The predicted octanol–water partition coefficient (Wildman–Crippen LogP) is 4.77. The monoisotopic (exact) mass is 479 g/mol. The van der Waals surface area contributed by atoms with Gasteiger partial charge in [0.1, 0.15) is 11.7 Å². The second kappa shape index (κ2) is 9.98. The molecule has 0 radical (unpaired) electrons. The summed E-state index contributed by atoms with van der Waals surface area (Å²) in [5, 5.41) is 16.7. The molecule has 2 atom stereocenters. The lowest BCUT2D eigenvalue weighted by Gasteiger charge is -2.26. The van der Waals surface area contributed by atoms with Crippen molar-refractivity contribution in [2.75, 3.05) is 18.4 Å². The van der Waals surface area contributed by atoms with Crippen molar-refractivity contribution in [1.29, 1.82) is 5.26 Å². The third-order valence-corrected chi connectivity index (χ3v) is 6.88. The van der Waals surface area contributed by atoms with Gasteiger partial charge in [-0.05, 0) is 67.2 Å². The number of aromatic nitrogens is 1. The normalized spacial score (nSPS) is 17.8. The molecule has 8 heteroatoms. The average molecular weight is 480 g/mol. The van der Waals surface area contributed by atoms with E-state index >= 15 is 0 Å². The van der Waals surface area contributed by atoms with Gasteiger partial charge in [0.25, 0.3) is 0 Å². The summed E-state index contributed by atoms with van der Waals surface area (Å²) in [6.45, 7) is 5.31. The van der Waals surface area contributed by atoms with Crippen LogP contribution in [0.5, 0.6) is 0 Å². The quantitative estimate of drug-likeness (QED) is 0.394. The maximum absolute atomic E-state index is 12.2. The summed E-state index contributed by atoms with van der Waals surface area (Å²) < 4.78 is 0. The number of rotatable bonds is 7. The number of allylic oxidation sites excluding steroid dienone is 2. The Kier molecular flexibility index (Phi) is 7.06. The Morgan fingerprint density at radius 1 is 1.33 bits per heavy atom. The molecule has 2 aliphatic rings. The van der Waals surface area contributed by atoms with Crippen molar-refractivity contribution in [2.45, 2.75) is 37.9 Å². The molecule has 1 aliphatic carbocycles. The van der Waals surface area contributed by atoms with Crippen LogP contribution in [-0.2, 0) is 4.79 Å². The minimum atomic E-state index is -0.409. The van der Waals surface area contributed by atoms with Crippen molar-refractivity contribution in [1.82, 2.24) is 10.3 Å². The standard InChI is InChI=1S/C25H26ClN5OS/c1-14-3-6-18(20(26)11-14)22(23(33)24-29-9-10-30-24)19(13-27)15(2)17-7-8-28-21(12-17)31-25(32)16-4-5-16/h3,6-8,11-12,16,22-23,33H,4-5,9-10H2,1-2H3,(H,29,30)(H,28,31,32)/b19-15+. The van der Waals surface area contributed by atoms with Gasteiger partial charge in [0, 0.05) is 35.2 Å². The number of aliphatic imine (C=N–C) groups is 1. The Morgan fingerprint density at radius 3 is 2.76 bits per heavy atom. The van der Waals surface area contributed by atoms with Crippen LogP contribution in [0.4, 0.5) is 5.82 Å². The van der Waals surface area contributed by atoms with Gasteiger partial charge in [-0.2, -0.15) is 17.9 Å². The Balaban J connectivity index is 1.77. The fraction of sp³-hybridized carbons (Fsp3) is 0.360. The van der Waals surface area contributed by atoms with Crippen LogP contribution >= 0.6 is 24.2 Å². The summed E-state index contributed by atoms with van der Waals surface area (Å²) in [6.07, 6.45) is 3.48. The van der Waals surface area contributed by atoms with E-state index in [1.165, 1.54) is 0 Å². The van der Waals surface area contributed by atoms with E-state index in [0.717, 1.165) is 47.5 Å². The highest BCUT2D eigenvalue weighted by Crippen LogP contribution is 2.39. The molecule has 2 heterocycles. The number of hydrogen-bond donors (Lipinski definition) is 3. The summed E-state index contributed by atoms with van der Waals surface area (Å²) in [7, 11) is 0. The third kappa shape index (κ3) is 5.23. The van der Waals surface area contributed by atoms with Gasteiger partial charge in [-0.1, -0.05) is 23.7 Å². The van der Waals surface area contributed by atoms with Gasteiger partial charge in [-0.25, -0.2) is 4.98 Å². The molecule has 0 spiro atoms. The van der Waals surface area contributed by atoms with Crippen LogP contribution in [0, 0.1) is 24.2 Å². The van der Waals surface area contributed by atoms with Gasteiger partial charge in [0.15, 0.2) is 0 Å². The largest absolute Gasteiger partial charge is 0.371 e. The van der Waals surface area contributed by atoms with Crippen molar-refractivity contribution in [3.05, 3.63) is 63.8 Å². The SMILES string of the molecule is C/C(=C(/C#N)C(c1ccc(C)cc1Cl)C(S)C1=NCCN1)c1ccnc(NC(=O)C2CC2)c1. The fourth-order valence-electron chi connectivity index (χ4n) is 3.99. The van der Waals surface area contributed by atoms with Crippen LogP contribution in [-0.4, -0.2) is 35.1 Å². The average Bonchev–Trinajstić information content (AvgIpc) is 3.52. The lowest BCUT2D eigenvalue weighted by atomic mass is 9.83. The number of amides is 1. The molecule has 1 amide bonds. The fourth-order valence-corrected chi connectivity index (χ4v) is 4.82. The lowest BCUT2D eigenvalue weighted by Crippen LogP contribution is -2.33. The van der Waals surface area contributed by atoms with Crippen LogP contribution in [0.2, 0.25) is 5.02 Å². The lowest BCUT2D eigenvalue weighted by molar-refractivity contribution is -0.117. The number of nitrogens with one attached hydrogen (secondary N) is 2. The van der Waals surface area contributed by atoms with Gasteiger partial charge in [0.05, 0.1) is 17.9 Å². The van der Waals surface area contributed by atoms with Crippen LogP contribution in [0.25, 0.3) is 5.57 Å². The van der Waals surface area contributed by atoms with Gasteiger partial charge >= 0.3 is 0 Å². The number of anilines is 1. The Hall–Kier alpha value is -2.82. The number of benzene rings is 1. The molecule has 1 aromatic heterocycles. The summed E-state index contributed by atoms with van der Waals surface area (Å²) in [6, 6.07) is 11.9. The van der Waals surface area contributed by atoms with Crippen LogP contribution < -0.4 is 10.6 Å². The molecule has 0 bridgehead atoms. The first-order valence-corrected chi connectivity index (χ1v) is 11.9. The first-order valence-electron chi connectivity index (χ1n) is 11.0. The predicted molar refractivity (Wildman–Crippen MR) is 136 cm³/mol. The number of nitriles is 1. The highest BCUT2D eigenvalue weighted by Gasteiger charge is 2.33. The molecule has 1 aliphatic heterocycles. The Bertz CT molecular complexity index is 1180. The minimum Gasteiger partial charge on any atom is -0.371 e. The number of aryl methyl sites for hydroxylation is 1. The van der Waals surface area contributed by atoms with Gasteiger partial charge < -0.3 is 10.6 Å². The molecule has 0 saturated heterocycles. The van der Waals surface area contributed by atoms with Crippen LogP contribution in [0.1, 0.15) is 42.4 Å². The first kappa shape index (κ1) is 23.3. The topological polar surface area (TPSA) is 90.2 Å². The second-order valence-corrected chi connectivity index (χ2v) is 9.45. The van der Waals surface area contributed by atoms with Crippen molar-refractivity contribution in [3.63, 3.8) is 0 Å². The Labute approximate surface area is 204 Å². The smallest absolute Gasteiger partial charge is 0.228 e. The molecule has 33 heavy (non-hydrogen) atoms. The summed E-state index contributed by atoms with van der Waals surface area (Å²) >= 11 is 11.6. The minimum absolute atomic E-state index is 0.00755. The van der Waals surface area contributed by atoms with Crippen molar-refractivity contribution < 1.29 is 4.79 Å². The molecule has 2 N–H and O–H groups in total. The number of thiol groups is 1. The number of carbonyl (C=O) groups excluding carboxylic acids is 1. The molecule has 170 valence electrons. The molecular formula is C25H26ClN5OS. The number of nitrogens with zero attached hydrogens (tertiary/aromatic N) is 3. The zero-order valence-corrected chi connectivity index (χ0v) is 20.3. The number of halogens is 1. The number of hydrogen-bond acceptors (Lipinski definition) is 6. The molecular weight excluding hydrogens is 454 g/mol. The van der Waals surface area contributed by atoms with Crippen molar-refractivity contribution in [2.24, 2.45) is 10.9 Å². The second-order valence-electron chi connectivity index (χ2n) is 8.48. The van der Waals surface area contributed by atoms with Gasteiger partial charge in [0.2, 0.25) is 5.91 Å². The van der Waals surface area contributed by atoms with Crippen molar-refractivity contribution >= 4 is 47.4 Å².